The Labute approximate surface area is 162 Å². The lowest BCUT2D eigenvalue weighted by Gasteiger charge is -2.46. The molecular weight excluding hydrogens is 368 g/mol. The topological polar surface area (TPSA) is 9.23 Å². The van der Waals surface area contributed by atoms with Crippen LogP contribution in [0, 0.1) is 23.5 Å². The van der Waals surface area contributed by atoms with Gasteiger partial charge in [0.25, 0.3) is 0 Å². The molecule has 0 amide bonds. The van der Waals surface area contributed by atoms with Crippen molar-refractivity contribution >= 4 is 0 Å². The van der Waals surface area contributed by atoms with Gasteiger partial charge in [-0.2, -0.15) is 8.78 Å². The monoisotopic (exact) mass is 390 g/mol. The summed E-state index contributed by atoms with van der Waals surface area (Å²) < 4.78 is 57.5. The van der Waals surface area contributed by atoms with Crippen LogP contribution in [0.5, 0.6) is 5.75 Å². The SMILES string of the molecule is C=C[C@@H]1CC[C@H]2c3cc(F)cc(F)c3CC[C@@H]2[C@H]1c1ccc(OC(F)F)cc1. The second kappa shape index (κ2) is 7.61. The first-order chi connectivity index (χ1) is 13.5. The molecule has 1 nitrogen and oxygen atoms in total. The maximum absolute atomic E-state index is 14.3. The van der Waals surface area contributed by atoms with Crippen molar-refractivity contribution in [2.24, 2.45) is 11.8 Å². The lowest BCUT2D eigenvalue weighted by atomic mass is 9.58. The molecule has 1 fully saturated rings. The maximum atomic E-state index is 14.3. The Bertz CT molecular complexity index is 862. The molecule has 0 aromatic heterocycles. The number of ether oxygens (including phenoxy) is 1. The van der Waals surface area contributed by atoms with E-state index in [2.05, 4.69) is 11.3 Å². The van der Waals surface area contributed by atoms with Crippen LogP contribution in [-0.4, -0.2) is 6.61 Å². The van der Waals surface area contributed by atoms with Crippen molar-refractivity contribution in [3.8, 4) is 5.75 Å². The summed E-state index contributed by atoms with van der Waals surface area (Å²) in [5.74, 6) is -0.171. The van der Waals surface area contributed by atoms with Crippen molar-refractivity contribution in [2.45, 2.75) is 44.1 Å². The number of halogens is 4. The Balaban J connectivity index is 1.69. The second-order valence-electron chi connectivity index (χ2n) is 7.71. The number of allylic oxidation sites excluding steroid dienone is 1. The van der Waals surface area contributed by atoms with Crippen LogP contribution in [-0.2, 0) is 6.42 Å². The molecule has 0 bridgehead atoms. The van der Waals surface area contributed by atoms with E-state index in [1.165, 1.54) is 6.07 Å². The number of benzene rings is 2. The van der Waals surface area contributed by atoms with Crippen LogP contribution in [0.3, 0.4) is 0 Å². The van der Waals surface area contributed by atoms with Crippen molar-refractivity contribution in [1.29, 1.82) is 0 Å². The zero-order valence-electron chi connectivity index (χ0n) is 15.4. The summed E-state index contributed by atoms with van der Waals surface area (Å²) >= 11 is 0. The molecule has 0 unspecified atom stereocenters. The van der Waals surface area contributed by atoms with E-state index in [4.69, 9.17) is 0 Å². The van der Waals surface area contributed by atoms with Crippen LogP contribution in [0.2, 0.25) is 0 Å². The third kappa shape index (κ3) is 3.43. The Kier molecular flexibility index (Phi) is 5.17. The second-order valence-corrected chi connectivity index (χ2v) is 7.71. The minimum atomic E-state index is -2.86. The van der Waals surface area contributed by atoms with Gasteiger partial charge < -0.3 is 4.74 Å². The van der Waals surface area contributed by atoms with Gasteiger partial charge in [-0.15, -0.1) is 6.58 Å². The molecule has 0 heterocycles. The minimum Gasteiger partial charge on any atom is -0.435 e. The number of hydrogen-bond acceptors (Lipinski definition) is 1. The molecule has 2 aliphatic carbocycles. The average molecular weight is 390 g/mol. The van der Waals surface area contributed by atoms with Gasteiger partial charge in [-0.05, 0) is 84.2 Å². The van der Waals surface area contributed by atoms with E-state index in [9.17, 15) is 17.6 Å². The number of hydrogen-bond donors (Lipinski definition) is 0. The highest BCUT2D eigenvalue weighted by molar-refractivity contribution is 5.39. The number of fused-ring (bicyclic) bond motifs is 3. The Morgan fingerprint density at radius 2 is 1.79 bits per heavy atom. The van der Waals surface area contributed by atoms with E-state index in [1.807, 2.05) is 18.2 Å². The summed E-state index contributed by atoms with van der Waals surface area (Å²) in [6, 6.07) is 9.21. The van der Waals surface area contributed by atoms with Crippen LogP contribution in [0.15, 0.2) is 49.1 Å². The molecule has 28 heavy (non-hydrogen) atoms. The first-order valence-electron chi connectivity index (χ1n) is 9.63. The first kappa shape index (κ1) is 19.0. The van der Waals surface area contributed by atoms with Crippen LogP contribution < -0.4 is 4.74 Å². The van der Waals surface area contributed by atoms with Gasteiger partial charge in [-0.3, -0.25) is 0 Å². The van der Waals surface area contributed by atoms with Gasteiger partial charge in [0.1, 0.15) is 17.4 Å². The van der Waals surface area contributed by atoms with E-state index >= 15 is 0 Å². The summed E-state index contributed by atoms with van der Waals surface area (Å²) in [5.41, 5.74) is 2.46. The predicted octanol–water partition coefficient (Wildman–Crippen LogP) is 6.59. The minimum absolute atomic E-state index is 0.0899. The zero-order chi connectivity index (χ0) is 19.8. The van der Waals surface area contributed by atoms with Crippen molar-refractivity contribution in [2.75, 3.05) is 0 Å². The van der Waals surface area contributed by atoms with Crippen molar-refractivity contribution < 1.29 is 22.3 Å². The van der Waals surface area contributed by atoms with Gasteiger partial charge in [-0.25, -0.2) is 8.78 Å². The quantitative estimate of drug-likeness (QED) is 0.423. The summed E-state index contributed by atoms with van der Waals surface area (Å²) in [7, 11) is 0. The number of rotatable bonds is 4. The van der Waals surface area contributed by atoms with Crippen LogP contribution >= 0.6 is 0 Å². The molecule has 4 rings (SSSR count). The molecule has 2 aromatic rings. The highest BCUT2D eigenvalue weighted by atomic mass is 19.3. The molecule has 4 atom stereocenters. The molecule has 1 saturated carbocycles. The maximum Gasteiger partial charge on any atom is 0.387 e. The lowest BCUT2D eigenvalue weighted by molar-refractivity contribution is -0.0498. The van der Waals surface area contributed by atoms with Crippen molar-refractivity contribution in [1.82, 2.24) is 0 Å². The van der Waals surface area contributed by atoms with Gasteiger partial charge in [0.05, 0.1) is 0 Å². The molecule has 148 valence electrons. The fourth-order valence-corrected chi connectivity index (χ4v) is 5.26. The summed E-state index contributed by atoms with van der Waals surface area (Å²) in [6.45, 7) is 1.13. The van der Waals surface area contributed by atoms with Crippen molar-refractivity contribution in [3.63, 3.8) is 0 Å². The lowest BCUT2D eigenvalue weighted by Crippen LogP contribution is -2.35. The third-order valence-corrected chi connectivity index (χ3v) is 6.37. The zero-order valence-corrected chi connectivity index (χ0v) is 15.4. The predicted molar refractivity (Wildman–Crippen MR) is 99.6 cm³/mol. The fraction of sp³-hybridized carbons (Fsp3) is 0.391. The van der Waals surface area contributed by atoms with Gasteiger partial charge in [0.2, 0.25) is 0 Å². The molecule has 0 radical (unpaired) electrons. The number of alkyl halides is 2. The Hall–Kier alpha value is -2.30. The fourth-order valence-electron chi connectivity index (χ4n) is 5.26. The average Bonchev–Trinajstić information content (AvgIpc) is 2.67. The largest absolute Gasteiger partial charge is 0.435 e. The Morgan fingerprint density at radius 3 is 2.46 bits per heavy atom. The van der Waals surface area contributed by atoms with Crippen LogP contribution in [0.25, 0.3) is 0 Å². The summed E-state index contributed by atoms with van der Waals surface area (Å²) in [4.78, 5) is 0. The van der Waals surface area contributed by atoms with E-state index in [0.29, 0.717) is 12.0 Å². The molecule has 0 saturated heterocycles. The van der Waals surface area contributed by atoms with Crippen molar-refractivity contribution in [3.05, 3.63) is 77.4 Å². The highest BCUT2D eigenvalue weighted by Crippen LogP contribution is 2.54. The summed E-state index contributed by atoms with van der Waals surface area (Å²) in [5, 5.41) is 0. The molecule has 0 N–H and O–H groups in total. The molecule has 2 aliphatic rings. The molecule has 0 aliphatic heterocycles. The van der Waals surface area contributed by atoms with Crippen LogP contribution in [0.1, 0.15) is 47.8 Å². The van der Waals surface area contributed by atoms with E-state index < -0.39 is 18.2 Å². The first-order valence-corrected chi connectivity index (χ1v) is 9.63. The van der Waals surface area contributed by atoms with E-state index in [-0.39, 0.29) is 29.4 Å². The van der Waals surface area contributed by atoms with Gasteiger partial charge in [0.15, 0.2) is 0 Å². The van der Waals surface area contributed by atoms with E-state index in [1.54, 1.807) is 12.1 Å². The molecule has 5 heteroatoms. The molecule has 0 spiro atoms. The molecule has 2 aromatic carbocycles. The third-order valence-electron chi connectivity index (χ3n) is 6.37. The van der Waals surface area contributed by atoms with Gasteiger partial charge in [-0.1, -0.05) is 18.2 Å². The molecular formula is C23H22F4O. The highest BCUT2D eigenvalue weighted by Gasteiger charge is 2.42. The van der Waals surface area contributed by atoms with E-state index in [0.717, 1.165) is 36.5 Å². The van der Waals surface area contributed by atoms with Gasteiger partial charge in [0, 0.05) is 6.07 Å². The summed E-state index contributed by atoms with van der Waals surface area (Å²) in [6.07, 6.45) is 5.08. The van der Waals surface area contributed by atoms with Crippen LogP contribution in [0.4, 0.5) is 17.6 Å². The smallest absolute Gasteiger partial charge is 0.387 e. The van der Waals surface area contributed by atoms with Gasteiger partial charge >= 0.3 is 6.61 Å². The standard InChI is InChI=1S/C23H22F4O/c1-2-13-5-8-17-19(10-9-18-20(17)11-15(24)12-21(18)25)22(13)14-3-6-16(7-4-14)28-23(26)27/h2-4,6-7,11-13,17,19,22-23H,1,5,8-10H2/t13-,17-,19+,22-/m1/s1. The normalized spacial score (nSPS) is 26.5. The Morgan fingerprint density at radius 1 is 1.04 bits per heavy atom.